The van der Waals surface area contributed by atoms with Crippen LogP contribution in [0.2, 0.25) is 0 Å². The second-order valence-electron chi connectivity index (χ2n) is 5.42. The molecule has 0 aliphatic carbocycles. The third-order valence-corrected chi connectivity index (χ3v) is 3.89. The lowest BCUT2D eigenvalue weighted by Crippen LogP contribution is -2.57. The Morgan fingerprint density at radius 2 is 2.10 bits per heavy atom. The van der Waals surface area contributed by atoms with Gasteiger partial charge in [0.05, 0.1) is 13.0 Å². The van der Waals surface area contributed by atoms with E-state index in [2.05, 4.69) is 0 Å². The van der Waals surface area contributed by atoms with Gasteiger partial charge in [0.2, 0.25) is 5.91 Å². The molecular formula is C15H20N2O3. The molecule has 1 atom stereocenters. The highest BCUT2D eigenvalue weighted by Crippen LogP contribution is 2.22. The highest BCUT2D eigenvalue weighted by molar-refractivity contribution is 5.85. The van der Waals surface area contributed by atoms with Crippen molar-refractivity contribution in [2.24, 2.45) is 5.73 Å². The molecule has 1 saturated heterocycles. The molecule has 2 rings (SSSR count). The summed E-state index contributed by atoms with van der Waals surface area (Å²) in [6.07, 6.45) is 1.18. The molecule has 2 amide bonds. The number of likely N-dealkylation sites (tertiary alicyclic amines) is 1. The second kappa shape index (κ2) is 5.63. The number of nitrogens with two attached hydrogens (primary N) is 1. The first-order valence-electron chi connectivity index (χ1n) is 6.77. The summed E-state index contributed by atoms with van der Waals surface area (Å²) in [5.41, 5.74) is 5.65. The topological polar surface area (TPSA) is 83.6 Å². The first-order chi connectivity index (χ1) is 9.42. The van der Waals surface area contributed by atoms with Gasteiger partial charge >= 0.3 is 0 Å². The number of primary amides is 1. The van der Waals surface area contributed by atoms with Gasteiger partial charge in [-0.3, -0.25) is 9.59 Å². The van der Waals surface area contributed by atoms with Gasteiger partial charge in [0.25, 0.3) is 5.91 Å². The van der Waals surface area contributed by atoms with E-state index in [1.165, 1.54) is 4.90 Å². The molecule has 1 aliphatic rings. The molecule has 1 fully saturated rings. The minimum Gasteiger partial charge on any atom is -0.378 e. The Morgan fingerprint density at radius 3 is 2.75 bits per heavy atom. The van der Waals surface area contributed by atoms with Gasteiger partial charge in [0.1, 0.15) is 0 Å². The Bertz CT molecular complexity index is 530. The SMILES string of the molecule is Cc1ccccc1CC(=O)N1CCC[C@@](O)(C(N)=O)C1. The Labute approximate surface area is 118 Å². The van der Waals surface area contributed by atoms with E-state index in [1.807, 2.05) is 31.2 Å². The number of rotatable bonds is 3. The molecule has 0 spiro atoms. The summed E-state index contributed by atoms with van der Waals surface area (Å²) < 4.78 is 0. The van der Waals surface area contributed by atoms with Crippen LogP contribution in [0.4, 0.5) is 0 Å². The van der Waals surface area contributed by atoms with Gasteiger partial charge < -0.3 is 15.7 Å². The molecule has 0 unspecified atom stereocenters. The smallest absolute Gasteiger partial charge is 0.251 e. The summed E-state index contributed by atoms with van der Waals surface area (Å²) in [6.45, 7) is 2.51. The Balaban J connectivity index is 2.06. The molecule has 0 aromatic heterocycles. The minimum atomic E-state index is -1.58. The number of piperidine rings is 1. The average Bonchev–Trinajstić information content (AvgIpc) is 2.41. The molecule has 5 nitrogen and oxygen atoms in total. The van der Waals surface area contributed by atoms with Crippen LogP contribution < -0.4 is 5.73 Å². The van der Waals surface area contributed by atoms with E-state index in [0.29, 0.717) is 19.4 Å². The molecule has 0 radical (unpaired) electrons. The van der Waals surface area contributed by atoms with Crippen LogP contribution in [0.3, 0.4) is 0 Å². The third kappa shape index (κ3) is 2.99. The van der Waals surface area contributed by atoms with Crippen molar-refractivity contribution in [2.75, 3.05) is 13.1 Å². The Kier molecular flexibility index (Phi) is 4.09. The fourth-order valence-corrected chi connectivity index (χ4v) is 2.53. The zero-order chi connectivity index (χ0) is 14.8. The maximum atomic E-state index is 12.3. The predicted octanol–water partition coefficient (Wildman–Crippen LogP) is 0.376. The largest absolute Gasteiger partial charge is 0.378 e. The molecule has 108 valence electrons. The number of hydrogen-bond donors (Lipinski definition) is 2. The van der Waals surface area contributed by atoms with Gasteiger partial charge in [-0.2, -0.15) is 0 Å². The van der Waals surface area contributed by atoms with Crippen molar-refractivity contribution in [3.63, 3.8) is 0 Å². The Morgan fingerprint density at radius 1 is 1.40 bits per heavy atom. The molecule has 1 heterocycles. The molecule has 0 saturated carbocycles. The van der Waals surface area contributed by atoms with E-state index in [9.17, 15) is 14.7 Å². The number of hydrogen-bond acceptors (Lipinski definition) is 3. The van der Waals surface area contributed by atoms with Crippen LogP contribution in [0.15, 0.2) is 24.3 Å². The number of aryl methyl sites for hydroxylation is 1. The van der Waals surface area contributed by atoms with Crippen LogP contribution in [0, 0.1) is 6.92 Å². The standard InChI is InChI=1S/C15H20N2O3/c1-11-5-2-3-6-12(11)9-13(18)17-8-4-7-15(20,10-17)14(16)19/h2-3,5-6,20H,4,7-10H2,1H3,(H2,16,19)/t15-/m0/s1. The van der Waals surface area contributed by atoms with Crippen LogP contribution in [-0.4, -0.2) is 40.5 Å². The molecule has 1 aromatic carbocycles. The normalized spacial score (nSPS) is 22.6. The van der Waals surface area contributed by atoms with Crippen LogP contribution in [0.1, 0.15) is 24.0 Å². The summed E-state index contributed by atoms with van der Waals surface area (Å²) in [5, 5.41) is 10.1. The van der Waals surface area contributed by atoms with Crippen LogP contribution in [0.25, 0.3) is 0 Å². The van der Waals surface area contributed by atoms with E-state index in [4.69, 9.17) is 5.73 Å². The lowest BCUT2D eigenvalue weighted by Gasteiger charge is -2.37. The van der Waals surface area contributed by atoms with Gasteiger partial charge in [-0.25, -0.2) is 0 Å². The van der Waals surface area contributed by atoms with E-state index >= 15 is 0 Å². The highest BCUT2D eigenvalue weighted by Gasteiger charge is 2.40. The number of nitrogens with zero attached hydrogens (tertiary/aromatic N) is 1. The van der Waals surface area contributed by atoms with Gasteiger partial charge in [-0.15, -0.1) is 0 Å². The maximum absolute atomic E-state index is 12.3. The van der Waals surface area contributed by atoms with Gasteiger partial charge in [-0.1, -0.05) is 24.3 Å². The van der Waals surface area contributed by atoms with Crippen molar-refractivity contribution in [3.05, 3.63) is 35.4 Å². The Hall–Kier alpha value is -1.88. The average molecular weight is 276 g/mol. The second-order valence-corrected chi connectivity index (χ2v) is 5.42. The number of benzene rings is 1. The molecule has 1 aliphatic heterocycles. The van der Waals surface area contributed by atoms with E-state index in [1.54, 1.807) is 0 Å². The first-order valence-corrected chi connectivity index (χ1v) is 6.77. The minimum absolute atomic E-state index is 0.00690. The summed E-state index contributed by atoms with van der Waals surface area (Å²) in [5.74, 6) is -0.843. The predicted molar refractivity (Wildman–Crippen MR) is 74.8 cm³/mol. The van der Waals surface area contributed by atoms with Gasteiger partial charge in [0, 0.05) is 6.54 Å². The number of carbonyl (C=O) groups is 2. The lowest BCUT2D eigenvalue weighted by molar-refractivity contribution is -0.148. The lowest BCUT2D eigenvalue weighted by atomic mass is 9.91. The van der Waals surface area contributed by atoms with Gasteiger partial charge in [0.15, 0.2) is 5.60 Å². The number of carbonyl (C=O) groups excluding carboxylic acids is 2. The van der Waals surface area contributed by atoms with Crippen molar-refractivity contribution in [2.45, 2.75) is 31.8 Å². The van der Waals surface area contributed by atoms with Crippen molar-refractivity contribution >= 4 is 11.8 Å². The number of amides is 2. The molecule has 1 aromatic rings. The van der Waals surface area contributed by atoms with E-state index in [0.717, 1.165) is 11.1 Å². The molecular weight excluding hydrogens is 256 g/mol. The molecule has 5 heteroatoms. The van der Waals surface area contributed by atoms with Crippen LogP contribution in [0.5, 0.6) is 0 Å². The van der Waals surface area contributed by atoms with Crippen molar-refractivity contribution in [1.29, 1.82) is 0 Å². The van der Waals surface area contributed by atoms with Crippen molar-refractivity contribution < 1.29 is 14.7 Å². The molecule has 20 heavy (non-hydrogen) atoms. The van der Waals surface area contributed by atoms with Gasteiger partial charge in [-0.05, 0) is 30.9 Å². The zero-order valence-electron chi connectivity index (χ0n) is 11.6. The van der Waals surface area contributed by atoms with Crippen LogP contribution >= 0.6 is 0 Å². The quantitative estimate of drug-likeness (QED) is 0.837. The summed E-state index contributed by atoms with van der Waals surface area (Å²) in [4.78, 5) is 25.1. The third-order valence-electron chi connectivity index (χ3n) is 3.89. The molecule has 3 N–H and O–H groups in total. The van der Waals surface area contributed by atoms with Crippen molar-refractivity contribution in [1.82, 2.24) is 4.90 Å². The highest BCUT2D eigenvalue weighted by atomic mass is 16.3. The van der Waals surface area contributed by atoms with E-state index in [-0.39, 0.29) is 18.9 Å². The number of aliphatic hydroxyl groups is 1. The summed E-state index contributed by atoms with van der Waals surface area (Å²) in [6, 6.07) is 7.69. The first kappa shape index (κ1) is 14.5. The van der Waals surface area contributed by atoms with E-state index < -0.39 is 11.5 Å². The van der Waals surface area contributed by atoms with Crippen molar-refractivity contribution in [3.8, 4) is 0 Å². The fourth-order valence-electron chi connectivity index (χ4n) is 2.53. The maximum Gasteiger partial charge on any atom is 0.251 e. The van der Waals surface area contributed by atoms with Crippen LogP contribution in [-0.2, 0) is 16.0 Å². The number of β-amino-alcohol motifs (C(OH)–C–C–N with tert-alkyl or cyclic N) is 1. The monoisotopic (exact) mass is 276 g/mol. The summed E-state index contributed by atoms with van der Waals surface area (Å²) >= 11 is 0. The fraction of sp³-hybridized carbons (Fsp3) is 0.467. The zero-order valence-corrected chi connectivity index (χ0v) is 11.6. The molecule has 0 bridgehead atoms. The summed E-state index contributed by atoms with van der Waals surface area (Å²) in [7, 11) is 0.